The van der Waals surface area contributed by atoms with E-state index in [0.29, 0.717) is 10.9 Å². The molecule has 1 aromatic heterocycles. The van der Waals surface area contributed by atoms with Crippen LogP contribution in [0, 0.1) is 5.82 Å². The molecule has 0 spiro atoms. The summed E-state index contributed by atoms with van der Waals surface area (Å²) < 4.78 is 14.6. The summed E-state index contributed by atoms with van der Waals surface area (Å²) in [7, 11) is 0. The molecular weight excluding hydrogens is 277 g/mol. The van der Waals surface area contributed by atoms with Gasteiger partial charge >= 0.3 is 0 Å². The molecule has 2 rings (SSSR count). The summed E-state index contributed by atoms with van der Waals surface area (Å²) in [6.07, 6.45) is 0. The molecule has 1 heterocycles. The highest BCUT2D eigenvalue weighted by molar-refractivity contribution is 9.08. The quantitative estimate of drug-likeness (QED) is 0.834. The summed E-state index contributed by atoms with van der Waals surface area (Å²) in [5.74, 6) is -0.874. The van der Waals surface area contributed by atoms with Crippen molar-refractivity contribution in [2.24, 2.45) is 0 Å². The van der Waals surface area contributed by atoms with Crippen molar-refractivity contribution in [2.45, 2.75) is 5.33 Å². The van der Waals surface area contributed by atoms with E-state index in [1.54, 1.807) is 12.1 Å². The second kappa shape index (κ2) is 4.17. The van der Waals surface area contributed by atoms with Crippen molar-refractivity contribution in [3.8, 4) is 17.4 Å². The molecule has 2 N–H and O–H groups in total. The van der Waals surface area contributed by atoms with Crippen LogP contribution in [-0.4, -0.2) is 14.8 Å². The zero-order chi connectivity index (χ0) is 11.7. The van der Waals surface area contributed by atoms with E-state index in [4.69, 9.17) is 0 Å². The highest BCUT2D eigenvalue weighted by Gasteiger charge is 2.16. The molecule has 0 amide bonds. The third-order valence-electron chi connectivity index (χ3n) is 2.27. The van der Waals surface area contributed by atoms with Crippen LogP contribution in [-0.2, 0) is 5.33 Å². The number of rotatable bonds is 2. The summed E-state index contributed by atoms with van der Waals surface area (Å²) in [6, 6.07) is 7.30. The van der Waals surface area contributed by atoms with Gasteiger partial charge in [-0.3, -0.25) is 0 Å². The molecule has 2 aromatic rings. The SMILES string of the molecule is Oc1cc(CBr)c(O)n1-c1ccccc1F. The van der Waals surface area contributed by atoms with Crippen molar-refractivity contribution in [3.05, 3.63) is 41.7 Å². The molecule has 0 saturated heterocycles. The first kappa shape index (κ1) is 11.0. The monoisotopic (exact) mass is 285 g/mol. The largest absolute Gasteiger partial charge is 0.494 e. The van der Waals surface area contributed by atoms with Crippen molar-refractivity contribution >= 4 is 15.9 Å². The maximum atomic E-state index is 13.5. The molecule has 0 fully saturated rings. The van der Waals surface area contributed by atoms with Gasteiger partial charge in [-0.25, -0.2) is 8.96 Å². The molecule has 0 bridgehead atoms. The van der Waals surface area contributed by atoms with E-state index in [1.807, 2.05) is 0 Å². The predicted octanol–water partition coefficient (Wildman–Crippen LogP) is 2.92. The van der Waals surface area contributed by atoms with E-state index in [1.165, 1.54) is 18.2 Å². The molecule has 3 nitrogen and oxygen atoms in total. The molecule has 16 heavy (non-hydrogen) atoms. The lowest BCUT2D eigenvalue weighted by atomic mass is 10.3. The number of hydrogen-bond acceptors (Lipinski definition) is 2. The van der Waals surface area contributed by atoms with Crippen molar-refractivity contribution in [1.82, 2.24) is 4.57 Å². The minimum Gasteiger partial charge on any atom is -0.494 e. The highest BCUT2D eigenvalue weighted by Crippen LogP contribution is 2.33. The smallest absolute Gasteiger partial charge is 0.202 e. The number of alkyl halides is 1. The number of aromatic nitrogens is 1. The van der Waals surface area contributed by atoms with Crippen LogP contribution in [0.3, 0.4) is 0 Å². The van der Waals surface area contributed by atoms with Crippen LogP contribution < -0.4 is 0 Å². The van der Waals surface area contributed by atoms with Crippen LogP contribution in [0.15, 0.2) is 30.3 Å². The van der Waals surface area contributed by atoms with Gasteiger partial charge in [0.15, 0.2) is 5.88 Å². The van der Waals surface area contributed by atoms with Gasteiger partial charge in [-0.15, -0.1) is 0 Å². The number of hydrogen-bond donors (Lipinski definition) is 2. The van der Waals surface area contributed by atoms with Crippen LogP contribution >= 0.6 is 15.9 Å². The van der Waals surface area contributed by atoms with Gasteiger partial charge in [0.2, 0.25) is 5.88 Å². The van der Waals surface area contributed by atoms with Crippen LogP contribution in [0.4, 0.5) is 4.39 Å². The fourth-order valence-electron chi connectivity index (χ4n) is 1.51. The van der Waals surface area contributed by atoms with Crippen molar-refractivity contribution < 1.29 is 14.6 Å². The third-order valence-corrected chi connectivity index (χ3v) is 2.87. The minimum atomic E-state index is -0.509. The summed E-state index contributed by atoms with van der Waals surface area (Å²) in [6.45, 7) is 0. The Labute approximate surface area is 99.9 Å². The average Bonchev–Trinajstić information content (AvgIpc) is 2.55. The molecule has 84 valence electrons. The second-order valence-corrected chi connectivity index (χ2v) is 3.83. The van der Waals surface area contributed by atoms with E-state index < -0.39 is 5.82 Å². The molecule has 0 aliphatic carbocycles. The van der Waals surface area contributed by atoms with E-state index in [2.05, 4.69) is 15.9 Å². The summed E-state index contributed by atoms with van der Waals surface area (Å²) >= 11 is 3.17. The number of para-hydroxylation sites is 1. The highest BCUT2D eigenvalue weighted by atomic mass is 79.9. The van der Waals surface area contributed by atoms with Gasteiger partial charge in [-0.1, -0.05) is 28.1 Å². The van der Waals surface area contributed by atoms with Gasteiger partial charge in [0, 0.05) is 17.0 Å². The number of aromatic hydroxyl groups is 2. The van der Waals surface area contributed by atoms with Gasteiger partial charge < -0.3 is 10.2 Å². The lowest BCUT2D eigenvalue weighted by molar-refractivity contribution is 0.398. The standard InChI is InChI=1S/C11H9BrFNO2/c12-6-7-5-10(15)14(11(7)16)9-4-2-1-3-8(9)13/h1-5,15-16H,6H2. The molecular formula is C11H9BrFNO2. The molecule has 0 unspecified atom stereocenters. The maximum Gasteiger partial charge on any atom is 0.202 e. The van der Waals surface area contributed by atoms with Gasteiger partial charge in [0.1, 0.15) is 5.82 Å². The average molecular weight is 286 g/mol. The first-order valence-electron chi connectivity index (χ1n) is 4.58. The molecule has 1 aromatic carbocycles. The summed E-state index contributed by atoms with van der Waals surface area (Å²) in [4.78, 5) is 0. The van der Waals surface area contributed by atoms with E-state index in [-0.39, 0.29) is 17.4 Å². The normalized spacial score (nSPS) is 10.6. The molecule has 0 radical (unpaired) electrons. The number of nitrogens with zero attached hydrogens (tertiary/aromatic N) is 1. The Morgan fingerprint density at radius 2 is 1.94 bits per heavy atom. The molecule has 0 atom stereocenters. The Morgan fingerprint density at radius 1 is 1.25 bits per heavy atom. The summed E-state index contributed by atoms with van der Waals surface area (Å²) in [5, 5.41) is 19.8. The zero-order valence-electron chi connectivity index (χ0n) is 8.19. The van der Waals surface area contributed by atoms with Crippen molar-refractivity contribution in [1.29, 1.82) is 0 Å². The summed E-state index contributed by atoms with van der Waals surface area (Å²) in [5.41, 5.74) is 0.616. The van der Waals surface area contributed by atoms with Gasteiger partial charge in [-0.05, 0) is 12.1 Å². The molecule has 5 heteroatoms. The Morgan fingerprint density at radius 3 is 2.50 bits per heavy atom. The van der Waals surface area contributed by atoms with Crippen LogP contribution in [0.5, 0.6) is 11.8 Å². The van der Waals surface area contributed by atoms with Gasteiger partial charge in [0.25, 0.3) is 0 Å². The molecule has 0 aliphatic rings. The second-order valence-electron chi connectivity index (χ2n) is 3.27. The topological polar surface area (TPSA) is 45.4 Å². The van der Waals surface area contributed by atoms with Crippen molar-refractivity contribution in [3.63, 3.8) is 0 Å². The van der Waals surface area contributed by atoms with E-state index in [0.717, 1.165) is 4.57 Å². The Balaban J connectivity index is 2.65. The predicted molar refractivity (Wildman–Crippen MR) is 61.7 cm³/mol. The van der Waals surface area contributed by atoms with Crippen molar-refractivity contribution in [2.75, 3.05) is 0 Å². The Kier molecular flexibility index (Phi) is 2.87. The molecule has 0 aliphatic heterocycles. The van der Waals surface area contributed by atoms with E-state index in [9.17, 15) is 14.6 Å². The minimum absolute atomic E-state index is 0.115. The Hall–Kier alpha value is -1.49. The van der Waals surface area contributed by atoms with Gasteiger partial charge in [-0.2, -0.15) is 0 Å². The fourth-order valence-corrected chi connectivity index (χ4v) is 1.92. The Bertz CT molecular complexity index is 525. The lowest BCUT2D eigenvalue weighted by Crippen LogP contribution is -1.96. The van der Waals surface area contributed by atoms with E-state index >= 15 is 0 Å². The fraction of sp³-hybridized carbons (Fsp3) is 0.0909. The maximum absolute atomic E-state index is 13.5. The number of benzene rings is 1. The number of halogens is 2. The molecule has 0 saturated carbocycles. The van der Waals surface area contributed by atoms with Crippen LogP contribution in [0.2, 0.25) is 0 Å². The van der Waals surface area contributed by atoms with Crippen LogP contribution in [0.1, 0.15) is 5.56 Å². The zero-order valence-corrected chi connectivity index (χ0v) is 9.78. The lowest BCUT2D eigenvalue weighted by Gasteiger charge is -2.07. The third kappa shape index (κ3) is 1.67. The first-order valence-corrected chi connectivity index (χ1v) is 5.70. The van der Waals surface area contributed by atoms with Crippen LogP contribution in [0.25, 0.3) is 5.69 Å². The first-order chi connectivity index (χ1) is 7.65. The van der Waals surface area contributed by atoms with Gasteiger partial charge in [0.05, 0.1) is 5.69 Å².